The molecule has 0 radical (unpaired) electrons. The van der Waals surface area contributed by atoms with Crippen molar-refractivity contribution in [1.82, 2.24) is 34.3 Å². The number of aryl methyl sites for hydroxylation is 2. The normalized spacial score (nSPS) is 19.9. The van der Waals surface area contributed by atoms with Crippen LogP contribution in [0.2, 0.25) is 10.0 Å². The van der Waals surface area contributed by atoms with E-state index < -0.39 is 34.7 Å². The lowest BCUT2D eigenvalue weighted by molar-refractivity contribution is -0.144. The number of halogens is 5. The van der Waals surface area contributed by atoms with Crippen molar-refractivity contribution >= 4 is 51.6 Å². The molecule has 286 valence electrons. The third-order valence-electron chi connectivity index (χ3n) is 11.0. The third-order valence-corrected chi connectivity index (χ3v) is 11.8. The number of pyridine rings is 1. The van der Waals surface area contributed by atoms with E-state index in [2.05, 4.69) is 25.5 Å². The average Bonchev–Trinajstić information content (AvgIpc) is 3.77. The minimum Gasteiger partial charge on any atom is -0.481 e. The molecule has 1 aliphatic carbocycles. The highest BCUT2D eigenvalue weighted by atomic mass is 35.5. The lowest BCUT2D eigenvalue weighted by Crippen LogP contribution is -2.53. The molecule has 2 aromatic carbocycles. The molecule has 2 atom stereocenters. The summed E-state index contributed by atoms with van der Waals surface area (Å²) in [6.07, 6.45) is 0.0618. The number of fused-ring (bicyclic) bond motifs is 2. The maximum Gasteiger partial charge on any atom is 0.451 e. The highest BCUT2D eigenvalue weighted by Crippen LogP contribution is 2.47. The van der Waals surface area contributed by atoms with Crippen LogP contribution in [0.3, 0.4) is 0 Å². The molecule has 12 nitrogen and oxygen atoms in total. The number of ether oxygens (including phenoxy) is 1. The first-order chi connectivity index (χ1) is 26.2. The van der Waals surface area contributed by atoms with Gasteiger partial charge in [-0.05, 0) is 49.8 Å². The predicted molar refractivity (Wildman–Crippen MR) is 202 cm³/mol. The zero-order valence-electron chi connectivity index (χ0n) is 30.0. The van der Waals surface area contributed by atoms with Gasteiger partial charge in [0.2, 0.25) is 17.6 Å². The van der Waals surface area contributed by atoms with E-state index >= 15 is 0 Å². The molecule has 0 bridgehead atoms. The monoisotopic (exact) mass is 794 g/mol. The van der Waals surface area contributed by atoms with Crippen LogP contribution in [-0.2, 0) is 31.5 Å². The average molecular weight is 796 g/mol. The van der Waals surface area contributed by atoms with E-state index in [4.69, 9.17) is 32.9 Å². The summed E-state index contributed by atoms with van der Waals surface area (Å²) in [5, 5.41) is 6.16. The Morgan fingerprint density at radius 3 is 2.40 bits per heavy atom. The van der Waals surface area contributed by atoms with Crippen molar-refractivity contribution in [3.05, 3.63) is 90.3 Å². The number of anilines is 2. The first-order valence-corrected chi connectivity index (χ1v) is 18.5. The van der Waals surface area contributed by atoms with Crippen LogP contribution in [-0.4, -0.2) is 60.6 Å². The van der Waals surface area contributed by atoms with Gasteiger partial charge in [-0.1, -0.05) is 53.5 Å². The number of hydrogen-bond acceptors (Lipinski definition) is 9. The van der Waals surface area contributed by atoms with Gasteiger partial charge in [-0.2, -0.15) is 13.2 Å². The summed E-state index contributed by atoms with van der Waals surface area (Å²) in [5.74, 6) is -1.40. The van der Waals surface area contributed by atoms with Crippen molar-refractivity contribution in [3.63, 3.8) is 0 Å². The summed E-state index contributed by atoms with van der Waals surface area (Å²) >= 11 is 14.1. The second-order valence-corrected chi connectivity index (χ2v) is 15.1. The molecule has 5 aromatic rings. The minimum atomic E-state index is -4.98. The smallest absolute Gasteiger partial charge is 0.451 e. The molecule has 1 amide bonds. The number of nitrogens with one attached hydrogen (secondary N) is 2. The fraction of sp³-hybridized carbons (Fsp3) is 0.368. The van der Waals surface area contributed by atoms with E-state index in [9.17, 15) is 27.6 Å². The number of nitrogens with zero attached hydrogens (tertiary/aromatic N) is 6. The second-order valence-electron chi connectivity index (χ2n) is 14.3. The van der Waals surface area contributed by atoms with Crippen molar-refractivity contribution in [2.75, 3.05) is 25.5 Å². The number of methoxy groups -OCH3 is 1. The van der Waals surface area contributed by atoms with Gasteiger partial charge in [0.1, 0.15) is 11.2 Å². The maximum absolute atomic E-state index is 13.9. The van der Waals surface area contributed by atoms with Gasteiger partial charge in [0, 0.05) is 61.9 Å². The summed E-state index contributed by atoms with van der Waals surface area (Å²) in [6, 6.07) is 12.4. The van der Waals surface area contributed by atoms with Crippen LogP contribution in [0.25, 0.3) is 33.4 Å². The summed E-state index contributed by atoms with van der Waals surface area (Å²) in [4.78, 5) is 52.6. The maximum atomic E-state index is 13.9. The fourth-order valence-electron chi connectivity index (χ4n) is 8.30. The van der Waals surface area contributed by atoms with Gasteiger partial charge in [0.25, 0.3) is 5.56 Å². The molecule has 17 heteroatoms. The van der Waals surface area contributed by atoms with Gasteiger partial charge < -0.3 is 15.4 Å². The van der Waals surface area contributed by atoms with Crippen molar-refractivity contribution in [2.24, 2.45) is 14.1 Å². The number of likely N-dealkylation sites (tertiary alicyclic amines) is 1. The number of carbonyl (C=O) groups is 1. The zero-order valence-corrected chi connectivity index (χ0v) is 31.5. The van der Waals surface area contributed by atoms with Gasteiger partial charge in [0.15, 0.2) is 5.65 Å². The molecular formula is C38H35Cl2F3N8O4. The van der Waals surface area contributed by atoms with E-state index in [1.807, 2.05) is 12.1 Å². The number of benzene rings is 2. The van der Waals surface area contributed by atoms with Gasteiger partial charge in [-0.3, -0.25) is 23.6 Å². The second kappa shape index (κ2) is 13.6. The Morgan fingerprint density at radius 1 is 0.945 bits per heavy atom. The molecule has 2 saturated heterocycles. The van der Waals surface area contributed by atoms with Crippen molar-refractivity contribution < 1.29 is 22.7 Å². The largest absolute Gasteiger partial charge is 0.481 e. The molecule has 0 unspecified atom stereocenters. The van der Waals surface area contributed by atoms with Crippen LogP contribution >= 0.6 is 23.2 Å². The molecule has 8 rings (SSSR count). The SMILES string of the molecule is COc1nc(-c2cccc(-c3cccc(Nc4nc(C(F)(F)F)nc5c4c(=O)n(C)c(=O)n5C)c3Cl)c2Cl)cc2c1[C@H](N1CC[C@@]3(CCCC(=O)N3)C1)CC2. The number of piperidine rings is 1. The first-order valence-electron chi connectivity index (χ1n) is 17.7. The number of alkyl halides is 3. The minimum absolute atomic E-state index is 0.0865. The Hall–Kier alpha value is -4.99. The van der Waals surface area contributed by atoms with Crippen LogP contribution < -0.4 is 26.6 Å². The number of hydrogen-bond donors (Lipinski definition) is 2. The molecule has 2 aliphatic heterocycles. The Kier molecular flexibility index (Phi) is 9.16. The van der Waals surface area contributed by atoms with Gasteiger partial charge in [-0.15, -0.1) is 0 Å². The first kappa shape index (κ1) is 37.0. The fourth-order valence-corrected chi connectivity index (χ4v) is 8.90. The van der Waals surface area contributed by atoms with E-state index in [0.717, 1.165) is 65.5 Å². The molecule has 2 N–H and O–H groups in total. The Labute approximate surface area is 322 Å². The van der Waals surface area contributed by atoms with Gasteiger partial charge in [-0.25, -0.2) is 19.7 Å². The predicted octanol–water partition coefficient (Wildman–Crippen LogP) is 6.57. The number of rotatable bonds is 6. The van der Waals surface area contributed by atoms with E-state index in [0.29, 0.717) is 39.7 Å². The van der Waals surface area contributed by atoms with Crippen LogP contribution in [0.1, 0.15) is 55.1 Å². The molecular weight excluding hydrogens is 760 g/mol. The van der Waals surface area contributed by atoms with E-state index in [1.54, 1.807) is 31.4 Å². The quantitative estimate of drug-likeness (QED) is 0.196. The van der Waals surface area contributed by atoms with Crippen molar-refractivity contribution in [2.45, 2.75) is 56.3 Å². The molecule has 5 heterocycles. The van der Waals surface area contributed by atoms with E-state index in [1.165, 1.54) is 20.2 Å². The van der Waals surface area contributed by atoms with Crippen LogP contribution in [0.15, 0.2) is 52.1 Å². The highest BCUT2D eigenvalue weighted by Gasteiger charge is 2.45. The molecule has 2 fully saturated rings. The topological polar surface area (TPSA) is 136 Å². The van der Waals surface area contributed by atoms with Crippen molar-refractivity contribution in [3.8, 4) is 28.3 Å². The Bertz CT molecular complexity index is 2540. The number of aromatic nitrogens is 5. The highest BCUT2D eigenvalue weighted by molar-refractivity contribution is 6.39. The van der Waals surface area contributed by atoms with E-state index in [-0.39, 0.29) is 33.6 Å². The molecule has 0 saturated carbocycles. The summed E-state index contributed by atoms with van der Waals surface area (Å²) in [6.45, 7) is 1.65. The van der Waals surface area contributed by atoms with Crippen LogP contribution in [0.4, 0.5) is 24.7 Å². The molecule has 3 aromatic heterocycles. The summed E-state index contributed by atoms with van der Waals surface area (Å²) in [7, 11) is 4.02. The lowest BCUT2D eigenvalue weighted by Gasteiger charge is -2.35. The van der Waals surface area contributed by atoms with Gasteiger partial charge in [0.05, 0.1) is 34.1 Å². The summed E-state index contributed by atoms with van der Waals surface area (Å²) < 4.78 is 49.3. The molecule has 3 aliphatic rings. The summed E-state index contributed by atoms with van der Waals surface area (Å²) in [5.41, 5.74) is 2.03. The number of carbonyl (C=O) groups excluding carboxylic acids is 1. The Morgan fingerprint density at radius 2 is 1.67 bits per heavy atom. The zero-order chi connectivity index (χ0) is 39.0. The standard InChI is InChI=1S/C38H35Cl2F3N8O4/c1-49-32-28(34(53)50(2)36(49)54)31(46-35(47-32)38(41,42)43)44-23-10-5-8-21(30(23)40)20-7-4-9-22(29(20)39)24-17-19-12-13-25(27(19)33(45-24)55-3)51-16-15-37(18-51)14-6-11-26(52)48-37/h4-5,7-10,17,25H,6,11-16,18H2,1-3H3,(H,48,52)(H,44,46,47)/t25-,37+/m1/s1. The number of amides is 1. The molecule has 55 heavy (non-hydrogen) atoms. The van der Waals surface area contributed by atoms with Gasteiger partial charge >= 0.3 is 11.9 Å². The lowest BCUT2D eigenvalue weighted by atomic mass is 9.88. The third kappa shape index (κ3) is 6.31. The molecule has 1 spiro atoms. The van der Waals surface area contributed by atoms with Crippen molar-refractivity contribution in [1.29, 1.82) is 0 Å². The van der Waals surface area contributed by atoms with Crippen LogP contribution in [0.5, 0.6) is 5.88 Å². The van der Waals surface area contributed by atoms with Crippen LogP contribution in [0, 0.1) is 0 Å². The Balaban J connectivity index is 1.15.